The first-order valence-corrected chi connectivity index (χ1v) is 17.4. The predicted octanol–water partition coefficient (Wildman–Crippen LogP) is 10.6. The highest BCUT2D eigenvalue weighted by molar-refractivity contribution is 7.50. The number of hydrogen-bond donors (Lipinski definition) is 2. The van der Waals surface area contributed by atoms with E-state index in [1.54, 1.807) is 0 Å². The molecule has 0 fully saturated rings. The fourth-order valence-electron chi connectivity index (χ4n) is 5.11. The van der Waals surface area contributed by atoms with Gasteiger partial charge in [0.2, 0.25) is 0 Å². The van der Waals surface area contributed by atoms with Gasteiger partial charge < -0.3 is 14.5 Å². The van der Waals surface area contributed by atoms with Gasteiger partial charge in [-0.15, -0.1) is 0 Å². The molecule has 0 unspecified atom stereocenters. The Balaban J connectivity index is 2.40. The molecule has 0 atom stereocenters. The van der Waals surface area contributed by atoms with Gasteiger partial charge in [0.25, 0.3) is 0 Å². The normalized spacial score (nSPS) is 12.8. The van der Waals surface area contributed by atoms with Gasteiger partial charge in [-0.05, 0) is 22.8 Å². The average Bonchev–Trinajstić information content (AvgIpc) is 2.79. The van der Waals surface area contributed by atoms with Crippen LogP contribution in [-0.2, 0) is 21.6 Å². The maximum absolute atomic E-state index is 11.7. The first-order valence-electron chi connectivity index (χ1n) is 15.6. The van der Waals surface area contributed by atoms with Crippen LogP contribution < -0.4 is 4.74 Å². The van der Waals surface area contributed by atoms with Crippen molar-refractivity contribution in [1.29, 1.82) is 0 Å². The van der Waals surface area contributed by atoms with Crippen LogP contribution in [0.3, 0.4) is 0 Å². The van der Waals surface area contributed by atoms with Gasteiger partial charge in [-0.25, -0.2) is 0 Å². The summed E-state index contributed by atoms with van der Waals surface area (Å²) in [7, 11) is -4.14. The van der Waals surface area contributed by atoms with Gasteiger partial charge in [0.15, 0.2) is 0 Å². The van der Waals surface area contributed by atoms with Crippen LogP contribution in [0.5, 0.6) is 5.75 Å². The maximum Gasteiger partial charge on any atom is 0.329 e. The summed E-state index contributed by atoms with van der Waals surface area (Å²) in [4.78, 5) is 19.1. The zero-order chi connectivity index (χ0) is 28.7. The molecule has 1 rings (SSSR count). The number of ether oxygens (including phenoxy) is 1. The summed E-state index contributed by atoms with van der Waals surface area (Å²) in [6.07, 6.45) is 21.4. The Morgan fingerprint density at radius 2 is 0.974 bits per heavy atom. The zero-order valence-electron chi connectivity index (χ0n) is 26.0. The monoisotopic (exact) mass is 552 g/mol. The van der Waals surface area contributed by atoms with Crippen LogP contribution in [0.25, 0.3) is 0 Å². The van der Waals surface area contributed by atoms with E-state index in [1.165, 1.54) is 96.3 Å². The third-order valence-corrected chi connectivity index (χ3v) is 8.17. The highest BCUT2D eigenvalue weighted by atomic mass is 31.2. The molecule has 0 aliphatic heterocycles. The summed E-state index contributed by atoms with van der Waals surface area (Å²) >= 11 is 0. The van der Waals surface area contributed by atoms with Crippen LogP contribution in [0, 0.1) is 0 Å². The van der Waals surface area contributed by atoms with Gasteiger partial charge in [0.1, 0.15) is 5.75 Å². The highest BCUT2D eigenvalue weighted by Gasteiger charge is 2.29. The summed E-state index contributed by atoms with van der Waals surface area (Å²) in [6.45, 7) is 15.8. The molecule has 0 aliphatic rings. The molecule has 0 saturated carbocycles. The molecule has 0 aliphatic carbocycles. The van der Waals surface area contributed by atoms with Gasteiger partial charge in [-0.1, -0.05) is 157 Å². The molecule has 0 aromatic heterocycles. The van der Waals surface area contributed by atoms with Gasteiger partial charge in [0.05, 0.1) is 12.8 Å². The lowest BCUT2D eigenvalue weighted by atomic mass is 9.78. The van der Waals surface area contributed by atoms with Crippen molar-refractivity contribution >= 4 is 7.60 Å². The largest absolute Gasteiger partial charge is 0.493 e. The summed E-state index contributed by atoms with van der Waals surface area (Å²) in [5.41, 5.74) is 2.38. The molecule has 5 heteroatoms. The number of unbranched alkanes of at least 4 members (excludes halogenated alkanes) is 15. The molecule has 2 N–H and O–H groups in total. The SMILES string of the molecule is CCCCCCCCCCCCCCCCCCOc1c(C(C)(C)C)cc(CP(=O)(O)O)cc1C(C)(C)C. The third-order valence-electron chi connectivity index (χ3n) is 7.40. The topological polar surface area (TPSA) is 66.8 Å². The minimum Gasteiger partial charge on any atom is -0.493 e. The third kappa shape index (κ3) is 15.7. The van der Waals surface area contributed by atoms with Crippen molar-refractivity contribution < 1.29 is 19.1 Å². The average molecular weight is 553 g/mol. The number of hydrogen-bond acceptors (Lipinski definition) is 2. The molecule has 1 aromatic rings. The van der Waals surface area contributed by atoms with Crippen molar-refractivity contribution in [2.45, 2.75) is 168 Å². The van der Waals surface area contributed by atoms with Gasteiger partial charge in [0, 0.05) is 11.1 Å². The molecule has 0 amide bonds. The fourth-order valence-corrected chi connectivity index (χ4v) is 5.77. The molecule has 222 valence electrons. The Morgan fingerprint density at radius 1 is 0.632 bits per heavy atom. The molecular weight excluding hydrogens is 491 g/mol. The summed E-state index contributed by atoms with van der Waals surface area (Å²) in [5.74, 6) is 0.903. The zero-order valence-corrected chi connectivity index (χ0v) is 26.9. The first kappa shape index (κ1) is 35.2. The molecule has 0 saturated heterocycles. The molecule has 1 aromatic carbocycles. The van der Waals surface area contributed by atoms with Crippen LogP contribution in [-0.4, -0.2) is 16.4 Å². The van der Waals surface area contributed by atoms with Crippen molar-refractivity contribution in [1.82, 2.24) is 0 Å². The number of benzene rings is 1. The lowest BCUT2D eigenvalue weighted by Crippen LogP contribution is -2.21. The van der Waals surface area contributed by atoms with Crippen molar-refractivity contribution in [2.75, 3.05) is 6.61 Å². The van der Waals surface area contributed by atoms with Gasteiger partial charge in [-0.3, -0.25) is 4.57 Å². The van der Waals surface area contributed by atoms with Crippen LogP contribution in [0.2, 0.25) is 0 Å². The van der Waals surface area contributed by atoms with Crippen molar-refractivity contribution in [3.63, 3.8) is 0 Å². The number of rotatable bonds is 20. The maximum atomic E-state index is 11.7. The molecule has 0 spiro atoms. The minimum atomic E-state index is -4.14. The Kier molecular flexibility index (Phi) is 16.5. The van der Waals surface area contributed by atoms with Crippen LogP contribution in [0.4, 0.5) is 0 Å². The van der Waals surface area contributed by atoms with E-state index in [2.05, 4.69) is 48.5 Å². The van der Waals surface area contributed by atoms with Crippen molar-refractivity contribution in [2.24, 2.45) is 0 Å². The van der Waals surface area contributed by atoms with Crippen molar-refractivity contribution in [3.8, 4) is 5.75 Å². The van der Waals surface area contributed by atoms with Crippen molar-refractivity contribution in [3.05, 3.63) is 28.8 Å². The second-order valence-corrected chi connectivity index (χ2v) is 15.1. The van der Waals surface area contributed by atoms with E-state index in [0.29, 0.717) is 12.2 Å². The summed E-state index contributed by atoms with van der Waals surface area (Å²) in [5, 5.41) is 0. The van der Waals surface area contributed by atoms with E-state index in [9.17, 15) is 14.4 Å². The van der Waals surface area contributed by atoms with Crippen LogP contribution >= 0.6 is 7.60 Å². The summed E-state index contributed by atoms with van der Waals surface area (Å²) < 4.78 is 18.1. The quantitative estimate of drug-likeness (QED) is 0.125. The molecular formula is C33H61O4P. The fraction of sp³-hybridized carbons (Fsp3) is 0.818. The van der Waals surface area contributed by atoms with E-state index < -0.39 is 7.60 Å². The first-order chi connectivity index (χ1) is 17.8. The Morgan fingerprint density at radius 3 is 1.29 bits per heavy atom. The summed E-state index contributed by atoms with van der Waals surface area (Å²) in [6, 6.07) is 3.88. The lowest BCUT2D eigenvalue weighted by Gasteiger charge is -2.31. The lowest BCUT2D eigenvalue weighted by molar-refractivity contribution is 0.288. The molecule has 0 heterocycles. The van der Waals surface area contributed by atoms with E-state index in [0.717, 1.165) is 23.3 Å². The van der Waals surface area contributed by atoms with E-state index in [1.807, 2.05) is 12.1 Å². The Labute approximate surface area is 235 Å². The van der Waals surface area contributed by atoms with Crippen LogP contribution in [0.15, 0.2) is 12.1 Å². The molecule has 0 bridgehead atoms. The Hall–Kier alpha value is -0.830. The molecule has 0 radical (unpaired) electrons. The molecule has 38 heavy (non-hydrogen) atoms. The highest BCUT2D eigenvalue weighted by Crippen LogP contribution is 2.45. The standard InChI is InChI=1S/C33H61O4P/c1-8-9-10-11-12-13-14-15-16-17-18-19-20-21-22-23-24-37-31-29(32(2,3)4)25-28(27-38(34,35)36)26-30(31)33(5,6)7/h25-26H,8-24,27H2,1-7H3,(H2,34,35,36). The van der Waals surface area contributed by atoms with Gasteiger partial charge >= 0.3 is 7.60 Å². The minimum absolute atomic E-state index is 0.186. The second-order valence-electron chi connectivity index (χ2n) is 13.5. The van der Waals surface area contributed by atoms with E-state index >= 15 is 0 Å². The Bertz CT molecular complexity index is 778. The van der Waals surface area contributed by atoms with E-state index in [-0.39, 0.29) is 17.0 Å². The molecule has 4 nitrogen and oxygen atoms in total. The smallest absolute Gasteiger partial charge is 0.329 e. The van der Waals surface area contributed by atoms with Gasteiger partial charge in [-0.2, -0.15) is 0 Å². The van der Waals surface area contributed by atoms with E-state index in [4.69, 9.17) is 4.74 Å². The second kappa shape index (κ2) is 17.8. The van der Waals surface area contributed by atoms with Crippen LogP contribution in [0.1, 0.15) is 168 Å². The predicted molar refractivity (Wildman–Crippen MR) is 165 cm³/mol.